The third-order valence-corrected chi connectivity index (χ3v) is 7.53. The summed E-state index contributed by atoms with van der Waals surface area (Å²) in [6.45, 7) is 8.18. The number of aliphatic hydroxyl groups excluding tert-OH is 1. The molecule has 1 spiro atoms. The minimum absolute atomic E-state index is 0.0103. The van der Waals surface area contributed by atoms with Gasteiger partial charge in [-0.1, -0.05) is 30.2 Å². The molecule has 0 unspecified atom stereocenters. The number of rotatable bonds is 6. The maximum absolute atomic E-state index is 12.7. The summed E-state index contributed by atoms with van der Waals surface area (Å²) in [5.41, 5.74) is 3.30. The second kappa shape index (κ2) is 8.34. The Morgan fingerprint density at radius 3 is 2.84 bits per heavy atom. The molecule has 2 heterocycles. The van der Waals surface area contributed by atoms with Crippen LogP contribution in [0.5, 0.6) is 0 Å². The summed E-state index contributed by atoms with van der Waals surface area (Å²) in [6.07, 6.45) is 11.2. The number of fused-ring (bicyclic) bond motifs is 2. The highest BCUT2D eigenvalue weighted by Crippen LogP contribution is 2.59. The Bertz CT molecular complexity index is 922. The van der Waals surface area contributed by atoms with Gasteiger partial charge in [-0.05, 0) is 64.0 Å². The van der Waals surface area contributed by atoms with E-state index in [1.54, 1.807) is 26.6 Å². The molecular formula is C26H34O5. The van der Waals surface area contributed by atoms with Crippen LogP contribution in [0.25, 0.3) is 0 Å². The van der Waals surface area contributed by atoms with Crippen molar-refractivity contribution in [2.75, 3.05) is 7.11 Å². The smallest absolute Gasteiger partial charge is 0.338 e. The summed E-state index contributed by atoms with van der Waals surface area (Å²) in [7, 11) is 1.62. The Labute approximate surface area is 184 Å². The third-order valence-electron chi connectivity index (χ3n) is 7.53. The number of methoxy groups -OCH3 is 1. The van der Waals surface area contributed by atoms with Gasteiger partial charge in [-0.3, -0.25) is 0 Å². The van der Waals surface area contributed by atoms with Gasteiger partial charge in [0.25, 0.3) is 0 Å². The van der Waals surface area contributed by atoms with Gasteiger partial charge in [0.1, 0.15) is 0 Å². The van der Waals surface area contributed by atoms with E-state index in [4.69, 9.17) is 13.9 Å². The van der Waals surface area contributed by atoms with E-state index in [2.05, 4.69) is 32.9 Å². The van der Waals surface area contributed by atoms with Crippen LogP contribution in [-0.2, 0) is 20.7 Å². The fourth-order valence-corrected chi connectivity index (χ4v) is 6.27. The van der Waals surface area contributed by atoms with Crippen molar-refractivity contribution < 1.29 is 23.8 Å². The SMILES string of the molecule is COC1=C(C)C(=O)O[C@@]12[C@H]1[C@H](C(C)=C[C@H]2/C=C(\C)CCCc2ccoc2)[C@@H](O)C[C@@H]1C. The van der Waals surface area contributed by atoms with Crippen molar-refractivity contribution >= 4 is 5.97 Å². The molecule has 5 heteroatoms. The van der Waals surface area contributed by atoms with E-state index in [1.165, 1.54) is 16.7 Å². The normalized spacial score (nSPS) is 35.4. The van der Waals surface area contributed by atoms with Gasteiger partial charge in [0.15, 0.2) is 11.4 Å². The molecular weight excluding hydrogens is 392 g/mol. The second-order valence-corrected chi connectivity index (χ2v) is 9.61. The van der Waals surface area contributed by atoms with Crippen LogP contribution in [0.2, 0.25) is 0 Å². The highest BCUT2D eigenvalue weighted by atomic mass is 16.6. The van der Waals surface area contributed by atoms with Crippen molar-refractivity contribution in [2.45, 2.75) is 65.1 Å². The minimum atomic E-state index is -0.886. The summed E-state index contributed by atoms with van der Waals surface area (Å²) in [6, 6.07) is 2.00. The Hall–Kier alpha value is -2.27. The molecule has 4 rings (SSSR count). The van der Waals surface area contributed by atoms with Gasteiger partial charge in [0, 0.05) is 17.8 Å². The number of ether oxygens (including phenoxy) is 2. The number of hydrogen-bond donors (Lipinski definition) is 1. The maximum atomic E-state index is 12.7. The quantitative estimate of drug-likeness (QED) is 0.514. The van der Waals surface area contributed by atoms with Crippen molar-refractivity contribution in [3.05, 3.63) is 58.8 Å². The molecule has 168 valence electrons. The second-order valence-electron chi connectivity index (χ2n) is 9.61. The lowest BCUT2D eigenvalue weighted by molar-refractivity contribution is -0.162. The summed E-state index contributed by atoms with van der Waals surface area (Å²) < 4.78 is 17.2. The van der Waals surface area contributed by atoms with Gasteiger partial charge < -0.3 is 19.0 Å². The van der Waals surface area contributed by atoms with Gasteiger partial charge in [0.05, 0.1) is 31.3 Å². The van der Waals surface area contributed by atoms with Crippen molar-refractivity contribution in [3.63, 3.8) is 0 Å². The van der Waals surface area contributed by atoms with E-state index in [-0.39, 0.29) is 29.6 Å². The number of furan rings is 1. The van der Waals surface area contributed by atoms with Crippen molar-refractivity contribution in [3.8, 4) is 0 Å². The molecule has 0 amide bonds. The molecule has 1 saturated carbocycles. The lowest BCUT2D eigenvalue weighted by atomic mass is 9.62. The zero-order valence-electron chi connectivity index (χ0n) is 19.2. The molecule has 5 nitrogen and oxygen atoms in total. The first kappa shape index (κ1) is 21.9. The fourth-order valence-electron chi connectivity index (χ4n) is 6.27. The van der Waals surface area contributed by atoms with Crippen molar-refractivity contribution in [2.24, 2.45) is 23.7 Å². The van der Waals surface area contributed by atoms with Crippen LogP contribution in [0.15, 0.2) is 57.6 Å². The molecule has 6 atom stereocenters. The van der Waals surface area contributed by atoms with E-state index in [0.29, 0.717) is 17.8 Å². The Kier molecular flexibility index (Phi) is 5.91. The molecule has 1 N–H and O–H groups in total. The van der Waals surface area contributed by atoms with Gasteiger partial charge in [-0.15, -0.1) is 0 Å². The topological polar surface area (TPSA) is 68.9 Å². The van der Waals surface area contributed by atoms with Gasteiger partial charge in [-0.2, -0.15) is 0 Å². The number of esters is 1. The summed E-state index contributed by atoms with van der Waals surface area (Å²) in [5, 5.41) is 10.8. The number of hydrogen-bond acceptors (Lipinski definition) is 5. The van der Waals surface area contributed by atoms with Crippen LogP contribution in [0.4, 0.5) is 0 Å². The maximum Gasteiger partial charge on any atom is 0.338 e. The van der Waals surface area contributed by atoms with Gasteiger partial charge in [-0.25, -0.2) is 4.79 Å². The highest BCUT2D eigenvalue weighted by Gasteiger charge is 2.65. The zero-order chi connectivity index (χ0) is 22.3. The first-order valence-corrected chi connectivity index (χ1v) is 11.3. The Morgan fingerprint density at radius 1 is 1.39 bits per heavy atom. The average molecular weight is 427 g/mol. The number of aryl methyl sites for hydroxylation is 1. The number of allylic oxidation sites excluding steroid dienone is 1. The monoisotopic (exact) mass is 426 g/mol. The predicted molar refractivity (Wildman–Crippen MR) is 118 cm³/mol. The first-order valence-electron chi connectivity index (χ1n) is 11.3. The molecule has 1 fully saturated rings. The standard InChI is InChI=1S/C26H34O5/c1-15(7-6-8-19-9-10-30-14-19)11-20-12-16(2)22-21(27)13-17(3)23(22)26(20)24(29-5)18(4)25(28)31-26/h9-12,14,17,20-23,27H,6-8,13H2,1-5H3/b15-11+/t17-,20+,21-,22+,23+,26-/m0/s1. The molecule has 0 radical (unpaired) electrons. The zero-order valence-corrected chi connectivity index (χ0v) is 19.2. The average Bonchev–Trinajstić information content (AvgIpc) is 3.39. The molecule has 1 aromatic rings. The lowest BCUT2D eigenvalue weighted by Gasteiger charge is -2.47. The van der Waals surface area contributed by atoms with E-state index < -0.39 is 11.7 Å². The molecule has 1 aromatic heterocycles. The van der Waals surface area contributed by atoms with Crippen LogP contribution in [0.3, 0.4) is 0 Å². The minimum Gasteiger partial charge on any atom is -0.496 e. The highest BCUT2D eigenvalue weighted by molar-refractivity contribution is 5.92. The van der Waals surface area contributed by atoms with Crippen LogP contribution >= 0.6 is 0 Å². The summed E-state index contributed by atoms with van der Waals surface area (Å²) >= 11 is 0. The molecule has 0 aromatic carbocycles. The predicted octanol–water partition coefficient (Wildman–Crippen LogP) is 4.97. The third kappa shape index (κ3) is 3.57. The largest absolute Gasteiger partial charge is 0.496 e. The summed E-state index contributed by atoms with van der Waals surface area (Å²) in [4.78, 5) is 12.7. The van der Waals surface area contributed by atoms with Gasteiger partial charge >= 0.3 is 5.97 Å². The van der Waals surface area contributed by atoms with E-state index in [0.717, 1.165) is 19.3 Å². The molecule has 1 aliphatic heterocycles. The van der Waals surface area contributed by atoms with Gasteiger partial charge in [0.2, 0.25) is 0 Å². The van der Waals surface area contributed by atoms with Crippen molar-refractivity contribution in [1.82, 2.24) is 0 Å². The molecule has 0 saturated heterocycles. The molecule has 0 bridgehead atoms. The number of carbonyl (C=O) groups is 1. The van der Waals surface area contributed by atoms with Crippen molar-refractivity contribution in [1.29, 1.82) is 0 Å². The van der Waals surface area contributed by atoms with Crippen LogP contribution < -0.4 is 0 Å². The van der Waals surface area contributed by atoms with E-state index in [9.17, 15) is 9.90 Å². The van der Waals surface area contributed by atoms with E-state index >= 15 is 0 Å². The molecule has 31 heavy (non-hydrogen) atoms. The Morgan fingerprint density at radius 2 is 2.16 bits per heavy atom. The molecule has 2 aliphatic carbocycles. The first-order chi connectivity index (χ1) is 14.8. The Balaban J connectivity index is 1.69. The summed E-state index contributed by atoms with van der Waals surface area (Å²) in [5.74, 6) is 0.378. The van der Waals surface area contributed by atoms with Crippen LogP contribution in [0, 0.1) is 23.7 Å². The van der Waals surface area contributed by atoms with Crippen LogP contribution in [0.1, 0.15) is 52.5 Å². The number of carbonyl (C=O) groups excluding carboxylic acids is 1. The van der Waals surface area contributed by atoms with Crippen LogP contribution in [-0.4, -0.2) is 29.9 Å². The lowest BCUT2D eigenvalue weighted by Crippen LogP contribution is -2.53. The fraction of sp³-hybridized carbons (Fsp3) is 0.577. The van der Waals surface area contributed by atoms with E-state index in [1.807, 2.05) is 6.07 Å². The molecule has 3 aliphatic rings. The number of aliphatic hydroxyl groups is 1.